The zero-order valence-corrected chi connectivity index (χ0v) is 15.1. The van der Waals surface area contributed by atoms with Crippen molar-refractivity contribution >= 4 is 46.4 Å². The van der Waals surface area contributed by atoms with Gasteiger partial charge >= 0.3 is 5.97 Å². The highest BCUT2D eigenvalue weighted by Gasteiger charge is 2.56. The Kier molecular flexibility index (Phi) is 6.34. The van der Waals surface area contributed by atoms with Crippen molar-refractivity contribution < 1.29 is 24.3 Å². The molecule has 0 bridgehead atoms. The number of hydrogen-bond acceptors (Lipinski definition) is 6. The Morgan fingerprint density at radius 3 is 2.67 bits per heavy atom. The molecule has 2 amide bonds. The summed E-state index contributed by atoms with van der Waals surface area (Å²) in [6, 6.07) is -2.01. The first kappa shape index (κ1) is 18.9. The average Bonchev–Trinajstić information content (AvgIpc) is 2.54. The van der Waals surface area contributed by atoms with Gasteiger partial charge in [0.15, 0.2) is 6.04 Å². The Morgan fingerprint density at radius 1 is 1.38 bits per heavy atom. The second-order valence-corrected chi connectivity index (χ2v) is 7.67. The molecule has 2 aliphatic heterocycles. The van der Waals surface area contributed by atoms with Crippen molar-refractivity contribution in [2.75, 3.05) is 5.75 Å². The van der Waals surface area contributed by atoms with Crippen molar-refractivity contribution in [1.82, 2.24) is 10.2 Å². The van der Waals surface area contributed by atoms with E-state index < -0.39 is 29.3 Å². The van der Waals surface area contributed by atoms with Crippen LogP contribution in [0, 0.1) is 0 Å². The first-order valence-corrected chi connectivity index (χ1v) is 9.66. The summed E-state index contributed by atoms with van der Waals surface area (Å²) < 4.78 is 0. The number of β-lactam (4-membered cyclic amide) rings is 1. The minimum atomic E-state index is -1.28. The maximum atomic E-state index is 12.3. The molecular formula is C15H20N2O5S2. The van der Waals surface area contributed by atoms with E-state index in [0.29, 0.717) is 5.75 Å². The quantitative estimate of drug-likeness (QED) is 0.511. The van der Waals surface area contributed by atoms with Gasteiger partial charge in [-0.1, -0.05) is 31.5 Å². The molecule has 0 aromatic rings. The van der Waals surface area contributed by atoms with Gasteiger partial charge in [0.1, 0.15) is 11.4 Å². The molecule has 9 heteroatoms. The van der Waals surface area contributed by atoms with Gasteiger partial charge in [0.2, 0.25) is 16.9 Å². The molecule has 2 unspecified atom stereocenters. The number of thioether (sulfide) groups is 2. The van der Waals surface area contributed by atoms with E-state index in [1.54, 1.807) is 0 Å². The Bertz CT molecular complexity index is 592. The predicted molar refractivity (Wildman–Crippen MR) is 92.3 cm³/mol. The van der Waals surface area contributed by atoms with Gasteiger partial charge in [-0.15, -0.1) is 11.8 Å². The van der Waals surface area contributed by atoms with Crippen LogP contribution < -0.4 is 5.32 Å². The summed E-state index contributed by atoms with van der Waals surface area (Å²) in [5, 5.41) is 12.7. The number of aliphatic carboxylic acids is 1. The number of fused-ring (bicyclic) bond motifs is 1. The number of nitrogens with zero attached hydrogens (tertiary/aromatic N) is 1. The van der Waals surface area contributed by atoms with Gasteiger partial charge in [0.25, 0.3) is 0 Å². The fourth-order valence-electron chi connectivity index (χ4n) is 2.63. The minimum Gasteiger partial charge on any atom is -0.479 e. The highest BCUT2D eigenvalue weighted by atomic mass is 32.2. The van der Waals surface area contributed by atoms with Gasteiger partial charge in [-0.2, -0.15) is 0 Å². The largest absolute Gasteiger partial charge is 0.479 e. The summed E-state index contributed by atoms with van der Waals surface area (Å²) in [5.41, 5.74) is 0.125. The zero-order valence-electron chi connectivity index (χ0n) is 13.5. The Balaban J connectivity index is 2.10. The molecule has 1 fully saturated rings. The molecule has 2 N–H and O–H groups in total. The van der Waals surface area contributed by atoms with Crippen molar-refractivity contribution in [2.24, 2.45) is 0 Å². The highest BCUT2D eigenvalue weighted by Crippen LogP contribution is 2.41. The molecule has 3 atom stereocenters. The van der Waals surface area contributed by atoms with Crippen molar-refractivity contribution in [1.29, 1.82) is 0 Å². The first-order chi connectivity index (χ1) is 11.4. The lowest BCUT2D eigenvalue weighted by Gasteiger charge is -2.51. The lowest BCUT2D eigenvalue weighted by Crippen LogP contribution is -2.74. The van der Waals surface area contributed by atoms with E-state index in [4.69, 9.17) is 0 Å². The minimum absolute atomic E-state index is 0.125. The number of nitrogens with one attached hydrogen (secondary N) is 1. The van der Waals surface area contributed by atoms with Gasteiger partial charge in [-0.25, -0.2) is 4.79 Å². The topological polar surface area (TPSA) is 104 Å². The zero-order chi connectivity index (χ0) is 17.9. The fraction of sp³-hybridized carbons (Fsp3) is 0.600. The SMILES string of the molecule is CCCCCSC(=O)C1=CS[C@@H]2C(NC(C)=O)C(=O)N2C1C(=O)O. The molecule has 0 spiro atoms. The lowest BCUT2D eigenvalue weighted by molar-refractivity contribution is -0.160. The second-order valence-electron chi connectivity index (χ2n) is 5.61. The maximum Gasteiger partial charge on any atom is 0.331 e. The normalized spacial score (nSPS) is 25.4. The van der Waals surface area contributed by atoms with Crippen molar-refractivity contribution in [3.05, 3.63) is 11.0 Å². The van der Waals surface area contributed by atoms with Gasteiger partial charge in [0.05, 0.1) is 0 Å². The van der Waals surface area contributed by atoms with Gasteiger partial charge in [-0.05, 0) is 11.8 Å². The number of carbonyl (C=O) groups is 4. The molecule has 1 saturated heterocycles. The van der Waals surface area contributed by atoms with Crippen LogP contribution in [0.3, 0.4) is 0 Å². The van der Waals surface area contributed by atoms with Crippen LogP contribution >= 0.6 is 23.5 Å². The number of carboxylic acid groups (broad SMARTS) is 1. The van der Waals surface area contributed by atoms with Gasteiger partial charge < -0.3 is 15.3 Å². The van der Waals surface area contributed by atoms with E-state index in [-0.39, 0.29) is 16.6 Å². The van der Waals surface area contributed by atoms with Crippen LogP contribution in [0.25, 0.3) is 0 Å². The molecule has 7 nitrogen and oxygen atoms in total. The van der Waals surface area contributed by atoms with E-state index in [1.165, 1.54) is 29.0 Å². The van der Waals surface area contributed by atoms with Crippen LogP contribution in [0.15, 0.2) is 11.0 Å². The monoisotopic (exact) mass is 372 g/mol. The third kappa shape index (κ3) is 3.77. The third-order valence-electron chi connectivity index (χ3n) is 3.80. The number of amides is 2. The van der Waals surface area contributed by atoms with Crippen LogP contribution in [-0.2, 0) is 19.2 Å². The summed E-state index contributed by atoms with van der Waals surface area (Å²) in [5.74, 6) is -1.42. The van der Waals surface area contributed by atoms with Crippen LogP contribution in [0.1, 0.15) is 33.1 Å². The molecule has 0 aromatic carbocycles. The number of unbranched alkanes of at least 4 members (excludes halogenated alkanes) is 2. The molecular weight excluding hydrogens is 352 g/mol. The first-order valence-electron chi connectivity index (χ1n) is 7.73. The van der Waals surface area contributed by atoms with Crippen LogP contribution in [0.2, 0.25) is 0 Å². The van der Waals surface area contributed by atoms with E-state index in [1.807, 2.05) is 0 Å². The Hall–Kier alpha value is -1.48. The van der Waals surface area contributed by atoms with E-state index in [2.05, 4.69) is 12.2 Å². The number of carboxylic acids is 1. The van der Waals surface area contributed by atoms with Crippen LogP contribution in [-0.4, -0.2) is 56.1 Å². The van der Waals surface area contributed by atoms with E-state index >= 15 is 0 Å². The standard InChI is InChI=1S/C15H20N2O5S2/c1-3-4-5-6-23-15(22)9-7-24-13-10(16-8(2)18)12(19)17(13)11(9)14(20)21/h7,10-11,13H,3-6H2,1-2H3,(H,16,18)(H,20,21)/t10?,11?,13-/m1/s1. The summed E-state index contributed by atoms with van der Waals surface area (Å²) in [7, 11) is 0. The average molecular weight is 372 g/mol. The molecule has 24 heavy (non-hydrogen) atoms. The summed E-state index contributed by atoms with van der Waals surface area (Å²) >= 11 is 2.29. The van der Waals surface area contributed by atoms with Crippen LogP contribution in [0.4, 0.5) is 0 Å². The highest BCUT2D eigenvalue weighted by molar-refractivity contribution is 8.14. The summed E-state index contributed by atoms with van der Waals surface area (Å²) in [6.07, 6.45) is 2.95. The molecule has 2 heterocycles. The summed E-state index contributed by atoms with van der Waals surface area (Å²) in [6.45, 7) is 3.37. The molecule has 0 aliphatic carbocycles. The molecule has 0 saturated carbocycles. The molecule has 2 rings (SSSR count). The Labute approximate surface area is 148 Å². The molecule has 132 valence electrons. The van der Waals surface area contributed by atoms with E-state index in [0.717, 1.165) is 31.0 Å². The Morgan fingerprint density at radius 2 is 2.08 bits per heavy atom. The molecule has 0 radical (unpaired) electrons. The van der Waals surface area contributed by atoms with Crippen LogP contribution in [0.5, 0.6) is 0 Å². The summed E-state index contributed by atoms with van der Waals surface area (Å²) in [4.78, 5) is 48.5. The third-order valence-corrected chi connectivity index (χ3v) is 5.96. The number of rotatable bonds is 7. The predicted octanol–water partition coefficient (Wildman–Crippen LogP) is 1.19. The maximum absolute atomic E-state index is 12.3. The van der Waals surface area contributed by atoms with Crippen molar-refractivity contribution in [2.45, 2.75) is 50.6 Å². The van der Waals surface area contributed by atoms with E-state index in [9.17, 15) is 24.3 Å². The molecule has 2 aliphatic rings. The van der Waals surface area contributed by atoms with Crippen molar-refractivity contribution in [3.63, 3.8) is 0 Å². The number of carbonyl (C=O) groups excluding carboxylic acids is 3. The number of hydrogen-bond donors (Lipinski definition) is 2. The lowest BCUT2D eigenvalue weighted by atomic mass is 9.98. The second kappa shape index (κ2) is 8.06. The van der Waals surface area contributed by atoms with Crippen molar-refractivity contribution in [3.8, 4) is 0 Å². The van der Waals surface area contributed by atoms with Gasteiger partial charge in [0, 0.05) is 18.2 Å². The smallest absolute Gasteiger partial charge is 0.331 e. The molecule has 0 aromatic heterocycles. The fourth-order valence-corrected chi connectivity index (χ4v) is 4.79. The van der Waals surface area contributed by atoms with Gasteiger partial charge in [-0.3, -0.25) is 14.4 Å².